The molecule has 1 aliphatic heterocycles. The minimum absolute atomic E-state index is 0.434. The van der Waals surface area contributed by atoms with Gasteiger partial charge in [-0.25, -0.2) is 9.48 Å². The lowest BCUT2D eigenvalue weighted by Gasteiger charge is -2.26. The number of carbonyl (C=O) groups excluding carboxylic acids is 1. The number of aryl methyl sites for hydroxylation is 1. The molecular weight excluding hydrogens is 332 g/mol. The molecule has 2 aromatic heterocycles. The number of benzene rings is 1. The molecule has 3 heterocycles. The molecule has 7 nitrogen and oxygen atoms in total. The minimum atomic E-state index is -0.544. The van der Waals surface area contributed by atoms with E-state index in [-0.39, 0.29) is 0 Å². The molecule has 132 valence electrons. The molecule has 0 amide bonds. The van der Waals surface area contributed by atoms with Crippen LogP contribution in [0.25, 0.3) is 11.4 Å². The van der Waals surface area contributed by atoms with E-state index in [9.17, 15) is 4.79 Å². The first-order chi connectivity index (χ1) is 12.6. The lowest BCUT2D eigenvalue weighted by molar-refractivity contribution is -0.136. The number of hydrogen-bond donors (Lipinski definition) is 1. The van der Waals surface area contributed by atoms with E-state index in [1.54, 1.807) is 4.68 Å². The molecule has 1 aromatic carbocycles. The van der Waals surface area contributed by atoms with Gasteiger partial charge in [0.25, 0.3) is 0 Å². The Kier molecular flexibility index (Phi) is 3.84. The van der Waals surface area contributed by atoms with E-state index in [1.807, 2.05) is 56.3 Å². The first-order valence-electron chi connectivity index (χ1n) is 8.23. The lowest BCUT2D eigenvalue weighted by Crippen LogP contribution is -2.29. The van der Waals surface area contributed by atoms with Crippen molar-refractivity contribution in [1.82, 2.24) is 14.8 Å². The third kappa shape index (κ3) is 2.57. The number of fused-ring (bicyclic) bond motifs is 1. The number of ether oxygens (including phenoxy) is 1. The predicted octanol–water partition coefficient (Wildman–Crippen LogP) is 3.31. The van der Waals surface area contributed by atoms with Crippen molar-refractivity contribution in [2.45, 2.75) is 19.9 Å². The van der Waals surface area contributed by atoms with Crippen LogP contribution in [0.15, 0.2) is 58.2 Å². The number of esters is 1. The third-order valence-corrected chi connectivity index (χ3v) is 4.32. The number of hydrogen-bond acceptors (Lipinski definition) is 6. The molecule has 1 N–H and O–H groups in total. The van der Waals surface area contributed by atoms with Crippen LogP contribution in [0.2, 0.25) is 0 Å². The number of allylic oxidation sites excluding steroid dienone is 1. The van der Waals surface area contributed by atoms with Crippen LogP contribution in [0.3, 0.4) is 0 Å². The van der Waals surface area contributed by atoms with Crippen LogP contribution in [0.5, 0.6) is 0 Å². The minimum Gasteiger partial charge on any atom is -0.466 e. The summed E-state index contributed by atoms with van der Waals surface area (Å²) in [5.74, 6) is 2.05. The fourth-order valence-electron chi connectivity index (χ4n) is 3.10. The number of carbonyl (C=O) groups is 1. The maximum Gasteiger partial charge on any atom is 0.338 e. The summed E-state index contributed by atoms with van der Waals surface area (Å²) < 4.78 is 12.5. The fraction of sp³-hybridized carbons (Fsp3) is 0.211. The quantitative estimate of drug-likeness (QED) is 0.730. The van der Waals surface area contributed by atoms with Crippen LogP contribution in [-0.4, -0.2) is 27.8 Å². The van der Waals surface area contributed by atoms with Gasteiger partial charge in [0.15, 0.2) is 5.82 Å². The highest BCUT2D eigenvalue weighted by molar-refractivity contribution is 5.92. The van der Waals surface area contributed by atoms with Gasteiger partial charge in [-0.15, -0.1) is 5.10 Å². The topological polar surface area (TPSA) is 82.2 Å². The largest absolute Gasteiger partial charge is 0.466 e. The van der Waals surface area contributed by atoms with E-state index in [0.29, 0.717) is 28.8 Å². The molecule has 26 heavy (non-hydrogen) atoms. The number of anilines is 1. The SMILES string of the molecule is COC(=O)C1=C(C)Nc2nc(-c3ccccc3)nn2[C@@H]1c1ccc(C)o1. The average Bonchev–Trinajstić information content (AvgIpc) is 3.26. The molecule has 0 fully saturated rings. The summed E-state index contributed by atoms with van der Waals surface area (Å²) in [6.07, 6.45) is 0. The van der Waals surface area contributed by atoms with Crippen molar-refractivity contribution in [3.63, 3.8) is 0 Å². The molecule has 1 aliphatic rings. The predicted molar refractivity (Wildman–Crippen MR) is 95.4 cm³/mol. The van der Waals surface area contributed by atoms with Gasteiger partial charge in [-0.05, 0) is 26.0 Å². The van der Waals surface area contributed by atoms with Crippen LogP contribution in [0.1, 0.15) is 24.5 Å². The maximum absolute atomic E-state index is 12.4. The van der Waals surface area contributed by atoms with E-state index in [1.165, 1.54) is 7.11 Å². The number of nitrogens with zero attached hydrogens (tertiary/aromatic N) is 3. The van der Waals surface area contributed by atoms with E-state index in [2.05, 4.69) is 15.4 Å². The molecule has 0 aliphatic carbocycles. The molecule has 4 rings (SSSR count). The van der Waals surface area contributed by atoms with Gasteiger partial charge in [-0.3, -0.25) is 0 Å². The summed E-state index contributed by atoms with van der Waals surface area (Å²) in [6.45, 7) is 3.67. The Morgan fingerprint density at radius 2 is 1.96 bits per heavy atom. The van der Waals surface area contributed by atoms with Crippen molar-refractivity contribution in [1.29, 1.82) is 0 Å². The van der Waals surface area contributed by atoms with Crippen molar-refractivity contribution in [3.8, 4) is 11.4 Å². The molecule has 0 radical (unpaired) electrons. The van der Waals surface area contributed by atoms with Crippen molar-refractivity contribution in [2.75, 3.05) is 12.4 Å². The Labute approximate surface area is 150 Å². The Hall–Kier alpha value is -3.35. The fourth-order valence-corrected chi connectivity index (χ4v) is 3.10. The van der Waals surface area contributed by atoms with Crippen molar-refractivity contribution >= 4 is 11.9 Å². The second kappa shape index (κ2) is 6.18. The summed E-state index contributed by atoms with van der Waals surface area (Å²) >= 11 is 0. The number of methoxy groups -OCH3 is 1. The standard InChI is InChI=1S/C19H18N4O3/c1-11-9-10-14(26-11)16-15(18(24)25-3)12(2)20-19-21-17(22-23(16)19)13-7-5-4-6-8-13/h4-10,16H,1-3H3,(H,20,21,22)/t16-/m1/s1. The number of furan rings is 1. The van der Waals surface area contributed by atoms with Gasteiger partial charge in [0, 0.05) is 11.3 Å². The van der Waals surface area contributed by atoms with Crippen LogP contribution in [-0.2, 0) is 9.53 Å². The van der Waals surface area contributed by atoms with E-state index < -0.39 is 12.0 Å². The first kappa shape index (κ1) is 16.1. The lowest BCUT2D eigenvalue weighted by atomic mass is 10.0. The molecule has 3 aromatic rings. The number of aromatic nitrogens is 3. The third-order valence-electron chi connectivity index (χ3n) is 4.32. The Balaban J connectivity index is 1.88. The number of rotatable bonds is 3. The number of nitrogens with one attached hydrogen (secondary N) is 1. The van der Waals surface area contributed by atoms with E-state index >= 15 is 0 Å². The molecule has 0 saturated heterocycles. The normalized spacial score (nSPS) is 16.2. The monoisotopic (exact) mass is 350 g/mol. The molecule has 0 unspecified atom stereocenters. The summed E-state index contributed by atoms with van der Waals surface area (Å²) in [5.41, 5.74) is 2.00. The van der Waals surface area contributed by atoms with Gasteiger partial charge in [-0.1, -0.05) is 30.3 Å². The molecule has 7 heteroatoms. The Morgan fingerprint density at radius 1 is 1.19 bits per heavy atom. The Morgan fingerprint density at radius 3 is 2.62 bits per heavy atom. The van der Waals surface area contributed by atoms with E-state index in [4.69, 9.17) is 9.15 Å². The maximum atomic E-state index is 12.4. The summed E-state index contributed by atoms with van der Waals surface area (Å²) in [5, 5.41) is 7.78. The molecule has 0 spiro atoms. The van der Waals surface area contributed by atoms with Crippen LogP contribution < -0.4 is 5.32 Å². The second-order valence-corrected chi connectivity index (χ2v) is 6.08. The first-order valence-corrected chi connectivity index (χ1v) is 8.23. The van der Waals surface area contributed by atoms with Crippen LogP contribution in [0.4, 0.5) is 5.95 Å². The van der Waals surface area contributed by atoms with E-state index in [0.717, 1.165) is 11.3 Å². The molecule has 0 bridgehead atoms. The van der Waals surface area contributed by atoms with Crippen molar-refractivity contribution in [2.24, 2.45) is 0 Å². The highest BCUT2D eigenvalue weighted by atomic mass is 16.5. The summed E-state index contributed by atoms with van der Waals surface area (Å²) in [4.78, 5) is 17.0. The summed E-state index contributed by atoms with van der Waals surface area (Å²) in [6, 6.07) is 12.8. The van der Waals surface area contributed by atoms with Gasteiger partial charge in [0.05, 0.1) is 12.7 Å². The molecule has 1 atom stereocenters. The summed E-state index contributed by atoms with van der Waals surface area (Å²) in [7, 11) is 1.36. The van der Waals surface area contributed by atoms with Crippen LogP contribution >= 0.6 is 0 Å². The zero-order valence-electron chi connectivity index (χ0n) is 14.7. The van der Waals surface area contributed by atoms with Gasteiger partial charge < -0.3 is 14.5 Å². The highest BCUT2D eigenvalue weighted by Crippen LogP contribution is 2.37. The van der Waals surface area contributed by atoms with Crippen molar-refractivity contribution < 1.29 is 13.9 Å². The van der Waals surface area contributed by atoms with Crippen molar-refractivity contribution in [3.05, 3.63) is 65.3 Å². The second-order valence-electron chi connectivity index (χ2n) is 6.08. The average molecular weight is 350 g/mol. The zero-order chi connectivity index (χ0) is 18.3. The van der Waals surface area contributed by atoms with Gasteiger partial charge >= 0.3 is 5.97 Å². The Bertz CT molecular complexity index is 1000. The van der Waals surface area contributed by atoms with Gasteiger partial charge in [0.2, 0.25) is 5.95 Å². The van der Waals surface area contributed by atoms with Crippen LogP contribution in [0, 0.1) is 6.92 Å². The highest BCUT2D eigenvalue weighted by Gasteiger charge is 2.36. The smallest absolute Gasteiger partial charge is 0.338 e. The van der Waals surface area contributed by atoms with Gasteiger partial charge in [-0.2, -0.15) is 4.98 Å². The molecule has 0 saturated carbocycles. The van der Waals surface area contributed by atoms with Gasteiger partial charge in [0.1, 0.15) is 17.6 Å². The molecular formula is C19H18N4O3. The zero-order valence-corrected chi connectivity index (χ0v) is 14.7.